The molecule has 4 saturated carbocycles. The summed E-state index contributed by atoms with van der Waals surface area (Å²) in [5, 5.41) is 24.4. The fourth-order valence-corrected chi connectivity index (χ4v) is 5.62. The molecule has 4 aliphatic carbocycles. The van der Waals surface area contributed by atoms with Gasteiger partial charge in [-0.15, -0.1) is 0 Å². The van der Waals surface area contributed by atoms with E-state index < -0.39 is 6.10 Å². The highest BCUT2D eigenvalue weighted by Gasteiger charge is 2.53. The molecule has 4 rings (SSSR count). The van der Waals surface area contributed by atoms with Crippen LogP contribution in [0.2, 0.25) is 0 Å². The molecule has 0 saturated heterocycles. The number of rotatable bonds is 6. The summed E-state index contributed by atoms with van der Waals surface area (Å²) < 4.78 is 0. The van der Waals surface area contributed by atoms with Gasteiger partial charge in [0.25, 0.3) is 5.91 Å². The first-order chi connectivity index (χ1) is 11.4. The molecule has 5 heteroatoms. The lowest BCUT2D eigenvalue weighted by Crippen LogP contribution is -2.56. The molecule has 0 spiro atoms. The molecule has 1 amide bonds. The van der Waals surface area contributed by atoms with Crippen molar-refractivity contribution in [1.29, 1.82) is 5.26 Å². The van der Waals surface area contributed by atoms with Gasteiger partial charge in [0.05, 0.1) is 6.10 Å². The summed E-state index contributed by atoms with van der Waals surface area (Å²) in [5.41, 5.74) is 0.310. The zero-order chi connectivity index (χ0) is 17.3. The number of nitriles is 1. The van der Waals surface area contributed by atoms with Gasteiger partial charge in [-0.2, -0.15) is 5.26 Å². The third-order valence-corrected chi connectivity index (χ3v) is 6.38. The van der Waals surface area contributed by atoms with Gasteiger partial charge < -0.3 is 15.7 Å². The van der Waals surface area contributed by atoms with E-state index in [4.69, 9.17) is 0 Å². The Hall–Kier alpha value is -1.54. The van der Waals surface area contributed by atoms with Crippen LogP contribution in [-0.2, 0) is 4.79 Å². The van der Waals surface area contributed by atoms with Crippen LogP contribution in [0.4, 0.5) is 0 Å². The second-order valence-corrected chi connectivity index (χ2v) is 8.40. The molecule has 4 aliphatic rings. The van der Waals surface area contributed by atoms with Gasteiger partial charge in [0.15, 0.2) is 0 Å². The van der Waals surface area contributed by atoms with Gasteiger partial charge in [-0.3, -0.25) is 4.79 Å². The van der Waals surface area contributed by atoms with Crippen molar-refractivity contribution < 1.29 is 9.90 Å². The van der Waals surface area contributed by atoms with Gasteiger partial charge >= 0.3 is 0 Å². The molecule has 132 valence electrons. The molecule has 4 bridgehead atoms. The van der Waals surface area contributed by atoms with Crippen LogP contribution in [0.5, 0.6) is 0 Å². The number of aliphatic hydroxyl groups excluding tert-OH is 1. The first-order valence-electron chi connectivity index (χ1n) is 9.24. The maximum Gasteiger partial charge on any atom is 0.263 e. The Labute approximate surface area is 144 Å². The number of aliphatic hydroxyl groups is 1. The van der Waals surface area contributed by atoms with Gasteiger partial charge in [-0.1, -0.05) is 0 Å². The van der Waals surface area contributed by atoms with E-state index in [1.807, 2.05) is 6.07 Å². The van der Waals surface area contributed by atoms with Crippen molar-refractivity contribution in [2.45, 2.75) is 64.5 Å². The van der Waals surface area contributed by atoms with E-state index in [-0.39, 0.29) is 22.9 Å². The van der Waals surface area contributed by atoms with Gasteiger partial charge in [-0.25, -0.2) is 0 Å². The third kappa shape index (κ3) is 3.44. The summed E-state index contributed by atoms with van der Waals surface area (Å²) in [6, 6.07) is 2.06. The average Bonchev–Trinajstić information content (AvgIpc) is 2.49. The van der Waals surface area contributed by atoms with Crippen molar-refractivity contribution in [2.75, 3.05) is 6.54 Å². The first-order valence-corrected chi connectivity index (χ1v) is 9.24. The number of amides is 1. The maximum atomic E-state index is 12.4. The molecule has 0 aromatic carbocycles. The van der Waals surface area contributed by atoms with E-state index in [9.17, 15) is 15.2 Å². The van der Waals surface area contributed by atoms with Crippen LogP contribution in [0.1, 0.15) is 52.4 Å². The SMILES string of the molecule is CC(O)CN/C=C(/C#N)C(=O)NC(C)C12CC3CC(CC(C3)C1)C2. The van der Waals surface area contributed by atoms with Crippen molar-refractivity contribution in [1.82, 2.24) is 10.6 Å². The van der Waals surface area contributed by atoms with E-state index in [2.05, 4.69) is 17.6 Å². The molecule has 0 aliphatic heterocycles. The predicted octanol–water partition coefficient (Wildman–Crippen LogP) is 2.09. The largest absolute Gasteiger partial charge is 0.392 e. The van der Waals surface area contributed by atoms with Crippen LogP contribution in [0.15, 0.2) is 11.8 Å². The molecule has 5 nitrogen and oxygen atoms in total. The summed E-state index contributed by atoms with van der Waals surface area (Å²) in [4.78, 5) is 12.4. The summed E-state index contributed by atoms with van der Waals surface area (Å²) in [7, 11) is 0. The summed E-state index contributed by atoms with van der Waals surface area (Å²) in [6.45, 7) is 4.09. The topological polar surface area (TPSA) is 85.2 Å². The molecule has 4 fully saturated rings. The highest BCUT2D eigenvalue weighted by Crippen LogP contribution is 2.61. The summed E-state index contributed by atoms with van der Waals surface area (Å²) in [6.07, 6.45) is 8.72. The maximum absolute atomic E-state index is 12.4. The molecule has 0 heterocycles. The minimum atomic E-state index is -0.518. The zero-order valence-corrected chi connectivity index (χ0v) is 14.7. The highest BCUT2D eigenvalue weighted by atomic mass is 16.3. The minimum Gasteiger partial charge on any atom is -0.392 e. The molecule has 0 aromatic rings. The fourth-order valence-electron chi connectivity index (χ4n) is 5.62. The van der Waals surface area contributed by atoms with Crippen LogP contribution in [0.3, 0.4) is 0 Å². The van der Waals surface area contributed by atoms with Crippen molar-refractivity contribution in [3.63, 3.8) is 0 Å². The van der Waals surface area contributed by atoms with Crippen LogP contribution >= 0.6 is 0 Å². The van der Waals surface area contributed by atoms with Crippen LogP contribution in [-0.4, -0.2) is 29.7 Å². The quantitative estimate of drug-likeness (QED) is 0.514. The van der Waals surface area contributed by atoms with Crippen molar-refractivity contribution in [3.05, 3.63) is 11.8 Å². The lowest BCUT2D eigenvalue weighted by atomic mass is 9.48. The Morgan fingerprint density at radius 2 is 1.79 bits per heavy atom. The number of hydrogen-bond acceptors (Lipinski definition) is 4. The van der Waals surface area contributed by atoms with E-state index in [1.54, 1.807) is 6.92 Å². The zero-order valence-electron chi connectivity index (χ0n) is 14.7. The number of carbonyl (C=O) groups is 1. The second kappa shape index (κ2) is 6.76. The molecule has 3 N–H and O–H groups in total. The Kier molecular flexibility index (Phi) is 4.87. The van der Waals surface area contributed by atoms with Gasteiger partial charge in [0.1, 0.15) is 11.6 Å². The standard InChI is InChI=1S/C19H29N3O2/c1-12(23)10-21-11-17(9-20)18(24)22-13(2)19-6-14-3-15(7-19)5-16(4-14)8-19/h11-16,21,23H,3-8,10H2,1-2H3,(H,22,24)/b17-11-. The van der Waals surface area contributed by atoms with E-state index in [1.165, 1.54) is 44.7 Å². The Morgan fingerprint density at radius 3 is 2.25 bits per heavy atom. The van der Waals surface area contributed by atoms with Gasteiger partial charge in [0.2, 0.25) is 0 Å². The van der Waals surface area contributed by atoms with Crippen molar-refractivity contribution >= 4 is 5.91 Å². The van der Waals surface area contributed by atoms with Crippen molar-refractivity contribution in [2.24, 2.45) is 23.2 Å². The molecule has 0 aromatic heterocycles. The average molecular weight is 331 g/mol. The van der Waals surface area contributed by atoms with Gasteiger partial charge in [-0.05, 0) is 75.5 Å². The third-order valence-electron chi connectivity index (χ3n) is 6.38. The molecule has 24 heavy (non-hydrogen) atoms. The number of hydrogen-bond donors (Lipinski definition) is 3. The summed E-state index contributed by atoms with van der Waals surface area (Å²) >= 11 is 0. The van der Waals surface area contributed by atoms with Crippen LogP contribution in [0.25, 0.3) is 0 Å². The van der Waals surface area contributed by atoms with Gasteiger partial charge in [0, 0.05) is 18.8 Å². The monoisotopic (exact) mass is 331 g/mol. The molecule has 2 atom stereocenters. The Bertz CT molecular complexity index is 526. The fraction of sp³-hybridized carbons (Fsp3) is 0.789. The number of nitrogens with zero attached hydrogens (tertiary/aromatic N) is 1. The smallest absolute Gasteiger partial charge is 0.263 e. The lowest BCUT2D eigenvalue weighted by molar-refractivity contribution is -0.122. The second-order valence-electron chi connectivity index (χ2n) is 8.40. The number of nitrogens with one attached hydrogen (secondary N) is 2. The normalized spacial score (nSPS) is 36.8. The van der Waals surface area contributed by atoms with Crippen LogP contribution in [0, 0.1) is 34.5 Å². The Balaban J connectivity index is 1.62. The van der Waals surface area contributed by atoms with E-state index >= 15 is 0 Å². The van der Waals surface area contributed by atoms with E-state index in [0.717, 1.165) is 17.8 Å². The molecular weight excluding hydrogens is 302 g/mol. The van der Waals surface area contributed by atoms with Crippen LogP contribution < -0.4 is 10.6 Å². The lowest BCUT2D eigenvalue weighted by Gasteiger charge is -2.59. The molecule has 2 unspecified atom stereocenters. The van der Waals surface area contributed by atoms with Crippen molar-refractivity contribution in [3.8, 4) is 6.07 Å². The summed E-state index contributed by atoms with van der Waals surface area (Å²) in [5.74, 6) is 2.22. The number of carbonyl (C=O) groups excluding carboxylic acids is 1. The Morgan fingerprint density at radius 1 is 1.25 bits per heavy atom. The molecular formula is C19H29N3O2. The molecule has 0 radical (unpaired) electrons. The first kappa shape index (κ1) is 17.3. The predicted molar refractivity (Wildman–Crippen MR) is 91.6 cm³/mol. The van der Waals surface area contributed by atoms with E-state index in [0.29, 0.717) is 6.54 Å². The highest BCUT2D eigenvalue weighted by molar-refractivity contribution is 5.97. The minimum absolute atomic E-state index is 0.0761.